The molecule has 38 heavy (non-hydrogen) atoms. The third-order valence-corrected chi connectivity index (χ3v) is 6.10. The summed E-state index contributed by atoms with van der Waals surface area (Å²) in [6, 6.07) is 5.87. The number of hydrogen-bond acceptors (Lipinski definition) is 7. The number of amides is 3. The Balaban J connectivity index is 1.54. The number of H-pyrrole nitrogens is 2. The standard InChI is InChI=1S/C26H29N5O7/c1-13(2)7-18(31-25(35)19-9-15-10-20-21(38-12-37-20)11-16(15)29-19)24(34)30-17(22(32)26(36)27-3)8-14-5-4-6-28-23(14)33/h4-6,9-11,13,17-18,29H,7-8,12H2,1-3H3,(H,27,36)(H,28,33)(H,30,34)(H,31,35). The van der Waals surface area contributed by atoms with Gasteiger partial charge in [-0.15, -0.1) is 0 Å². The predicted molar refractivity (Wildman–Crippen MR) is 137 cm³/mol. The Kier molecular flexibility index (Phi) is 7.79. The van der Waals surface area contributed by atoms with E-state index in [1.807, 2.05) is 13.8 Å². The molecule has 0 aliphatic carbocycles. The molecule has 2 aromatic heterocycles. The number of aromatic nitrogens is 2. The number of Topliss-reactive ketones (excluding diaryl/α,β-unsaturated/α-hetero) is 1. The van der Waals surface area contributed by atoms with Gasteiger partial charge in [-0.05, 0) is 30.5 Å². The van der Waals surface area contributed by atoms with Gasteiger partial charge in [0.2, 0.25) is 18.5 Å². The molecule has 1 aliphatic heterocycles. The SMILES string of the molecule is CNC(=O)C(=O)C(Cc1ccc[nH]c1=O)NC(=O)C(CC(C)C)NC(=O)c1cc2cc3c(cc2[nH]1)OCO3. The van der Waals surface area contributed by atoms with Crippen LogP contribution in [0.4, 0.5) is 0 Å². The highest BCUT2D eigenvalue weighted by Gasteiger charge is 2.31. The van der Waals surface area contributed by atoms with E-state index in [-0.39, 0.29) is 36.8 Å². The van der Waals surface area contributed by atoms with E-state index in [4.69, 9.17) is 9.47 Å². The highest BCUT2D eigenvalue weighted by molar-refractivity contribution is 6.38. The quantitative estimate of drug-likeness (QED) is 0.244. The fourth-order valence-electron chi connectivity index (χ4n) is 4.18. The minimum atomic E-state index is -1.31. The lowest BCUT2D eigenvalue weighted by Gasteiger charge is -2.23. The number of hydrogen-bond donors (Lipinski definition) is 5. The maximum absolute atomic E-state index is 13.3. The zero-order valence-corrected chi connectivity index (χ0v) is 21.2. The van der Waals surface area contributed by atoms with E-state index in [9.17, 15) is 24.0 Å². The number of fused-ring (bicyclic) bond motifs is 2. The molecule has 0 saturated heterocycles. The molecule has 200 valence electrons. The molecule has 0 spiro atoms. The van der Waals surface area contributed by atoms with Gasteiger partial charge in [0, 0.05) is 42.2 Å². The molecule has 3 amide bonds. The van der Waals surface area contributed by atoms with Crippen LogP contribution in [0, 0.1) is 5.92 Å². The normalized spacial score (nSPS) is 13.7. The van der Waals surface area contributed by atoms with Crippen LogP contribution in [-0.4, -0.2) is 59.4 Å². The molecule has 2 unspecified atom stereocenters. The average molecular weight is 524 g/mol. The first kappa shape index (κ1) is 26.5. The highest BCUT2D eigenvalue weighted by atomic mass is 16.7. The van der Waals surface area contributed by atoms with Crippen LogP contribution in [0.25, 0.3) is 10.9 Å². The molecule has 0 radical (unpaired) electrons. The molecule has 3 heterocycles. The summed E-state index contributed by atoms with van der Waals surface area (Å²) in [6.07, 6.45) is 1.50. The molecule has 4 rings (SSSR count). The molecular formula is C26H29N5O7. The fourth-order valence-corrected chi connectivity index (χ4v) is 4.18. The van der Waals surface area contributed by atoms with Gasteiger partial charge in [-0.3, -0.25) is 24.0 Å². The number of ether oxygens (including phenoxy) is 2. The predicted octanol–water partition coefficient (Wildman–Crippen LogP) is 0.772. The van der Waals surface area contributed by atoms with E-state index < -0.39 is 41.1 Å². The van der Waals surface area contributed by atoms with E-state index >= 15 is 0 Å². The lowest BCUT2D eigenvalue weighted by molar-refractivity contribution is -0.140. The van der Waals surface area contributed by atoms with Crippen LogP contribution in [0.15, 0.2) is 41.3 Å². The second-order valence-electron chi connectivity index (χ2n) is 9.36. The second kappa shape index (κ2) is 11.2. The van der Waals surface area contributed by atoms with Crippen molar-refractivity contribution >= 4 is 34.4 Å². The van der Waals surface area contributed by atoms with Crippen LogP contribution < -0.4 is 31.0 Å². The van der Waals surface area contributed by atoms with E-state index in [1.54, 1.807) is 24.3 Å². The third kappa shape index (κ3) is 5.85. The van der Waals surface area contributed by atoms with E-state index in [0.717, 1.165) is 5.39 Å². The van der Waals surface area contributed by atoms with Crippen LogP contribution in [0.5, 0.6) is 11.5 Å². The first-order chi connectivity index (χ1) is 18.2. The molecule has 1 aliphatic rings. The molecular weight excluding hydrogens is 494 g/mol. The average Bonchev–Trinajstić information content (AvgIpc) is 3.52. The van der Waals surface area contributed by atoms with Gasteiger partial charge in [0.15, 0.2) is 11.5 Å². The van der Waals surface area contributed by atoms with Crippen molar-refractivity contribution in [3.05, 3.63) is 58.1 Å². The Morgan fingerprint density at radius 3 is 2.45 bits per heavy atom. The molecule has 5 N–H and O–H groups in total. The van der Waals surface area contributed by atoms with Gasteiger partial charge in [-0.2, -0.15) is 0 Å². The van der Waals surface area contributed by atoms with Crippen molar-refractivity contribution in [3.8, 4) is 11.5 Å². The van der Waals surface area contributed by atoms with Crippen LogP contribution in [-0.2, 0) is 20.8 Å². The Bertz CT molecular complexity index is 1400. The number of benzene rings is 1. The summed E-state index contributed by atoms with van der Waals surface area (Å²) in [5.74, 6) is -1.86. The molecule has 0 bridgehead atoms. The maximum atomic E-state index is 13.3. The third-order valence-electron chi connectivity index (χ3n) is 6.10. The number of carbonyl (C=O) groups excluding carboxylic acids is 4. The second-order valence-corrected chi connectivity index (χ2v) is 9.36. The number of nitrogens with one attached hydrogen (secondary N) is 5. The van der Waals surface area contributed by atoms with Crippen molar-refractivity contribution in [3.63, 3.8) is 0 Å². The molecule has 12 nitrogen and oxygen atoms in total. The van der Waals surface area contributed by atoms with Crippen LogP contribution in [0.1, 0.15) is 36.3 Å². The summed E-state index contributed by atoms with van der Waals surface area (Å²) in [4.78, 5) is 69.0. The van der Waals surface area contributed by atoms with Crippen LogP contribution in [0.2, 0.25) is 0 Å². The molecule has 3 aromatic rings. The number of ketones is 1. The van der Waals surface area contributed by atoms with Gasteiger partial charge < -0.3 is 35.4 Å². The number of likely N-dealkylation sites (N-methyl/N-ethyl adjacent to an activating group) is 1. The van der Waals surface area contributed by atoms with E-state index in [2.05, 4.69) is 25.9 Å². The number of pyridine rings is 1. The van der Waals surface area contributed by atoms with Crippen molar-refractivity contribution in [1.29, 1.82) is 0 Å². The van der Waals surface area contributed by atoms with Gasteiger partial charge in [0.1, 0.15) is 17.8 Å². The molecule has 1 aromatic carbocycles. The maximum Gasteiger partial charge on any atom is 0.289 e. The van der Waals surface area contributed by atoms with Gasteiger partial charge >= 0.3 is 0 Å². The summed E-state index contributed by atoms with van der Waals surface area (Å²) in [6.45, 7) is 3.89. The Morgan fingerprint density at radius 2 is 1.76 bits per heavy atom. The minimum Gasteiger partial charge on any atom is -0.454 e. The molecule has 2 atom stereocenters. The van der Waals surface area contributed by atoms with Crippen molar-refractivity contribution in [2.75, 3.05) is 13.8 Å². The minimum absolute atomic E-state index is 0.0103. The molecule has 12 heteroatoms. The Labute approximate surface area is 217 Å². The smallest absolute Gasteiger partial charge is 0.289 e. The van der Waals surface area contributed by atoms with Gasteiger partial charge in [-0.25, -0.2) is 0 Å². The molecule has 0 fully saturated rings. The lowest BCUT2D eigenvalue weighted by atomic mass is 9.99. The first-order valence-electron chi connectivity index (χ1n) is 12.1. The van der Waals surface area contributed by atoms with Crippen LogP contribution in [0.3, 0.4) is 0 Å². The molecule has 0 saturated carbocycles. The number of carbonyl (C=O) groups is 4. The summed E-state index contributed by atoms with van der Waals surface area (Å²) >= 11 is 0. The lowest BCUT2D eigenvalue weighted by Crippen LogP contribution is -2.55. The van der Waals surface area contributed by atoms with E-state index in [0.29, 0.717) is 17.0 Å². The van der Waals surface area contributed by atoms with E-state index in [1.165, 1.54) is 19.3 Å². The van der Waals surface area contributed by atoms with Crippen molar-refractivity contribution < 1.29 is 28.7 Å². The summed E-state index contributed by atoms with van der Waals surface area (Å²) in [5.41, 5.74) is 0.661. The Hall–Kier alpha value is -4.61. The summed E-state index contributed by atoms with van der Waals surface area (Å²) in [5, 5.41) is 8.26. The first-order valence-corrected chi connectivity index (χ1v) is 12.1. The van der Waals surface area contributed by atoms with Crippen molar-refractivity contribution in [1.82, 2.24) is 25.9 Å². The van der Waals surface area contributed by atoms with Gasteiger partial charge in [0.25, 0.3) is 17.4 Å². The monoisotopic (exact) mass is 523 g/mol. The topological polar surface area (TPSA) is 171 Å². The number of aromatic amines is 2. The summed E-state index contributed by atoms with van der Waals surface area (Å²) < 4.78 is 10.8. The van der Waals surface area contributed by atoms with Crippen molar-refractivity contribution in [2.24, 2.45) is 5.92 Å². The largest absolute Gasteiger partial charge is 0.454 e. The zero-order valence-electron chi connectivity index (χ0n) is 21.2. The number of rotatable bonds is 10. The zero-order chi connectivity index (χ0) is 27.4. The van der Waals surface area contributed by atoms with Gasteiger partial charge in [-0.1, -0.05) is 19.9 Å². The van der Waals surface area contributed by atoms with Gasteiger partial charge in [0.05, 0.1) is 0 Å². The fraction of sp³-hybridized carbons (Fsp3) is 0.346. The van der Waals surface area contributed by atoms with Crippen molar-refractivity contribution in [2.45, 2.75) is 38.8 Å². The Morgan fingerprint density at radius 1 is 1.03 bits per heavy atom. The van der Waals surface area contributed by atoms with Crippen LogP contribution >= 0.6 is 0 Å². The summed E-state index contributed by atoms with van der Waals surface area (Å²) in [7, 11) is 1.30. The highest BCUT2D eigenvalue weighted by Crippen LogP contribution is 2.36.